The third kappa shape index (κ3) is 34.6. The Bertz CT molecular complexity index is 455. The fraction of sp³-hybridized carbons (Fsp3) is 1.00. The Morgan fingerprint density at radius 2 is 0.500 bits per heavy atom. The van der Waals surface area contributed by atoms with Crippen molar-refractivity contribution in [3.8, 4) is 0 Å². The first-order chi connectivity index (χ1) is 17.6. The number of hydrogen-bond acceptors (Lipinski definition) is 1. The number of hydrogen-bond donors (Lipinski definition) is 2. The van der Waals surface area contributed by atoms with Crippen LogP contribution in [0.5, 0.6) is 0 Å². The Balaban J connectivity index is 3.04. The molecule has 0 amide bonds. The summed E-state index contributed by atoms with van der Waals surface area (Å²) in [5.41, 5.74) is 0. The predicted octanol–water partition coefficient (Wildman–Crippen LogP) is 11.9. The lowest BCUT2D eigenvalue weighted by molar-refractivity contribution is 0.370. The van der Waals surface area contributed by atoms with Crippen LogP contribution >= 0.6 is 23.5 Å². The molecule has 0 aliphatic heterocycles. The smallest absolute Gasteiger partial charge is 0.324 e. The summed E-state index contributed by atoms with van der Waals surface area (Å²) in [6.45, 7) is 0. The molecule has 218 valence electrons. The topological polar surface area (TPSA) is 57.5 Å². The molecule has 0 aromatic carbocycles. The van der Waals surface area contributed by atoms with E-state index in [0.29, 0.717) is 6.42 Å². The molecule has 0 aromatic rings. The molecule has 0 atom stereocenters. The molecule has 36 heavy (non-hydrogen) atoms. The third-order valence-electron chi connectivity index (χ3n) is 7.58. The fourth-order valence-corrected chi connectivity index (χ4v) is 6.22. The maximum Gasteiger partial charge on any atom is 0.325 e. The zero-order valence-corrected chi connectivity index (χ0v) is 26.5. The Hall–Kier alpha value is 0.630. The number of alkyl halides is 1. The highest BCUT2D eigenvalue weighted by molar-refractivity contribution is 9.09. The van der Waals surface area contributed by atoms with E-state index in [0.717, 1.165) is 12.8 Å². The van der Waals surface area contributed by atoms with Crippen LogP contribution in [0.2, 0.25) is 0 Å². The van der Waals surface area contributed by atoms with Crippen LogP contribution in [0.3, 0.4) is 0 Å². The maximum atomic E-state index is 10.8. The standard InChI is InChI=1S/C31H64BrO3P/c32-30-28-26-24-22-20-18-16-14-12-10-8-6-4-2-1-3-5-7-9-11-13-15-17-19-21-23-25-27-29-31-36(33,34)35/h1-31H2,(H2,33,34,35). The largest absolute Gasteiger partial charge is 0.325 e. The highest BCUT2D eigenvalue weighted by Crippen LogP contribution is 2.35. The Morgan fingerprint density at radius 3 is 0.667 bits per heavy atom. The van der Waals surface area contributed by atoms with Gasteiger partial charge in [-0.15, -0.1) is 0 Å². The summed E-state index contributed by atoms with van der Waals surface area (Å²) >= 11 is 3.51. The van der Waals surface area contributed by atoms with Gasteiger partial charge in [0.1, 0.15) is 0 Å². The summed E-state index contributed by atoms with van der Waals surface area (Å²) in [5.74, 6) is 0. The number of rotatable bonds is 31. The Kier molecular flexibility index (Phi) is 30.7. The second kappa shape index (κ2) is 30.2. The third-order valence-corrected chi connectivity index (χ3v) is 9.04. The average molecular weight is 596 g/mol. The number of halogens is 1. The second-order valence-electron chi connectivity index (χ2n) is 11.3. The molecule has 0 radical (unpaired) electrons. The van der Waals surface area contributed by atoms with E-state index in [2.05, 4.69) is 15.9 Å². The summed E-state index contributed by atoms with van der Waals surface area (Å²) in [6, 6.07) is 0. The average Bonchev–Trinajstić information content (AvgIpc) is 2.84. The summed E-state index contributed by atoms with van der Waals surface area (Å²) in [6.07, 6.45) is 39.7. The zero-order chi connectivity index (χ0) is 26.4. The SMILES string of the molecule is O=P(O)(O)CCCCCCCCCCCCCCCCCCCCCCCCCCCCCCCBr. The van der Waals surface area contributed by atoms with Crippen molar-refractivity contribution in [2.45, 2.75) is 186 Å². The quantitative estimate of drug-likeness (QED) is 0.0476. The first-order valence-corrected chi connectivity index (χ1v) is 19.1. The minimum absolute atomic E-state index is 0.0613. The van der Waals surface area contributed by atoms with E-state index in [1.807, 2.05) is 0 Å². The molecule has 0 bridgehead atoms. The van der Waals surface area contributed by atoms with Gasteiger partial charge in [0.15, 0.2) is 0 Å². The molecule has 0 heterocycles. The molecule has 0 fully saturated rings. The summed E-state index contributed by atoms with van der Waals surface area (Å²) in [4.78, 5) is 17.7. The first-order valence-electron chi connectivity index (χ1n) is 16.2. The van der Waals surface area contributed by atoms with E-state index in [4.69, 9.17) is 9.79 Å². The van der Waals surface area contributed by atoms with Crippen molar-refractivity contribution in [1.29, 1.82) is 0 Å². The zero-order valence-electron chi connectivity index (χ0n) is 24.0. The number of unbranched alkanes of at least 4 members (excludes halogenated alkanes) is 28. The van der Waals surface area contributed by atoms with Crippen molar-refractivity contribution in [1.82, 2.24) is 0 Å². The van der Waals surface area contributed by atoms with E-state index in [-0.39, 0.29) is 6.16 Å². The molecule has 0 saturated carbocycles. The van der Waals surface area contributed by atoms with Crippen molar-refractivity contribution in [2.75, 3.05) is 11.5 Å². The molecule has 0 aliphatic rings. The maximum absolute atomic E-state index is 10.8. The second-order valence-corrected chi connectivity index (χ2v) is 13.9. The van der Waals surface area contributed by atoms with Crippen molar-refractivity contribution < 1.29 is 14.4 Å². The van der Waals surface area contributed by atoms with Gasteiger partial charge in [0.05, 0.1) is 0 Å². The molecule has 3 nitrogen and oxygen atoms in total. The van der Waals surface area contributed by atoms with Gasteiger partial charge in [-0.2, -0.15) is 0 Å². The van der Waals surface area contributed by atoms with E-state index in [9.17, 15) is 4.57 Å². The molecular weight excluding hydrogens is 531 g/mol. The molecule has 0 saturated heterocycles. The van der Waals surface area contributed by atoms with Crippen molar-refractivity contribution >= 4 is 23.5 Å². The minimum Gasteiger partial charge on any atom is -0.324 e. The van der Waals surface area contributed by atoms with Gasteiger partial charge in [-0.05, 0) is 12.8 Å². The van der Waals surface area contributed by atoms with Crippen molar-refractivity contribution in [3.05, 3.63) is 0 Å². The summed E-state index contributed by atoms with van der Waals surface area (Å²) in [5, 5.41) is 1.17. The lowest BCUT2D eigenvalue weighted by atomic mass is 10.0. The van der Waals surface area contributed by atoms with Crippen LogP contribution in [0.25, 0.3) is 0 Å². The molecule has 0 aliphatic carbocycles. The fourth-order valence-electron chi connectivity index (χ4n) is 5.19. The first kappa shape index (κ1) is 36.6. The monoisotopic (exact) mass is 594 g/mol. The Morgan fingerprint density at radius 1 is 0.333 bits per heavy atom. The van der Waals surface area contributed by atoms with E-state index < -0.39 is 7.60 Å². The molecule has 0 aromatic heterocycles. The predicted molar refractivity (Wildman–Crippen MR) is 165 cm³/mol. The van der Waals surface area contributed by atoms with Crippen LogP contribution in [-0.2, 0) is 4.57 Å². The molecule has 0 spiro atoms. The van der Waals surface area contributed by atoms with Gasteiger partial charge in [-0.25, -0.2) is 0 Å². The lowest BCUT2D eigenvalue weighted by Gasteiger charge is -2.05. The van der Waals surface area contributed by atoms with Crippen molar-refractivity contribution in [2.24, 2.45) is 0 Å². The van der Waals surface area contributed by atoms with Gasteiger partial charge in [0.2, 0.25) is 0 Å². The summed E-state index contributed by atoms with van der Waals surface area (Å²) < 4.78 is 10.8. The van der Waals surface area contributed by atoms with Crippen LogP contribution in [0, 0.1) is 0 Å². The van der Waals surface area contributed by atoms with Crippen LogP contribution in [0.1, 0.15) is 186 Å². The van der Waals surface area contributed by atoms with Gasteiger partial charge in [0, 0.05) is 11.5 Å². The van der Waals surface area contributed by atoms with Crippen LogP contribution in [0.15, 0.2) is 0 Å². The van der Waals surface area contributed by atoms with Crippen molar-refractivity contribution in [3.63, 3.8) is 0 Å². The van der Waals surface area contributed by atoms with Crippen LogP contribution in [0.4, 0.5) is 0 Å². The van der Waals surface area contributed by atoms with Crippen LogP contribution in [-0.4, -0.2) is 21.3 Å². The van der Waals surface area contributed by atoms with E-state index in [1.165, 1.54) is 172 Å². The highest BCUT2D eigenvalue weighted by atomic mass is 79.9. The molecule has 0 unspecified atom stereocenters. The molecule has 0 rings (SSSR count). The van der Waals surface area contributed by atoms with Gasteiger partial charge in [-0.3, -0.25) is 4.57 Å². The van der Waals surface area contributed by atoms with Gasteiger partial charge in [-0.1, -0.05) is 189 Å². The lowest BCUT2D eigenvalue weighted by Crippen LogP contribution is -1.88. The van der Waals surface area contributed by atoms with Gasteiger partial charge in [0.25, 0.3) is 0 Å². The van der Waals surface area contributed by atoms with E-state index in [1.54, 1.807) is 0 Å². The molecular formula is C31H64BrO3P. The normalized spacial score (nSPS) is 12.0. The van der Waals surface area contributed by atoms with E-state index >= 15 is 0 Å². The highest BCUT2D eigenvalue weighted by Gasteiger charge is 2.10. The summed E-state index contributed by atoms with van der Waals surface area (Å²) in [7, 11) is -3.77. The minimum atomic E-state index is -3.77. The Labute approximate surface area is 235 Å². The molecule has 2 N–H and O–H groups in total. The van der Waals surface area contributed by atoms with Crippen LogP contribution < -0.4 is 0 Å². The van der Waals surface area contributed by atoms with Gasteiger partial charge >= 0.3 is 7.60 Å². The van der Waals surface area contributed by atoms with Gasteiger partial charge < -0.3 is 9.79 Å². The molecule has 5 heteroatoms.